The Morgan fingerprint density at radius 2 is 2.00 bits per heavy atom. The summed E-state index contributed by atoms with van der Waals surface area (Å²) in [5, 5.41) is 5.13. The van der Waals surface area contributed by atoms with Crippen LogP contribution in [0, 0.1) is 0 Å². The number of piperidine rings is 1. The summed E-state index contributed by atoms with van der Waals surface area (Å²) < 4.78 is 2.39. The fourth-order valence-electron chi connectivity index (χ4n) is 2.41. The van der Waals surface area contributed by atoms with Gasteiger partial charge in [0.1, 0.15) is 4.70 Å². The molecule has 3 rings (SSSR count). The van der Waals surface area contributed by atoms with Crippen LogP contribution in [0.25, 0.3) is 10.2 Å². The van der Waals surface area contributed by atoms with Gasteiger partial charge in [-0.15, -0.1) is 23.7 Å². The topological polar surface area (TPSA) is 66.9 Å². The van der Waals surface area contributed by atoms with Gasteiger partial charge < -0.3 is 5.32 Å². The zero-order valence-corrected chi connectivity index (χ0v) is 11.3. The molecule has 1 fully saturated rings. The standard InChI is InChI=1S/C11H13N3O2S.ClH/c15-10-9-8(3-6-17-9)14(11(16)13-10)7-1-4-12-5-2-7;/h3,6-7,12H,1-2,4-5H2,(H,13,15,16);1H. The fraction of sp³-hybridized carbons (Fsp3) is 0.455. The maximum absolute atomic E-state index is 11.9. The molecule has 0 spiro atoms. The van der Waals surface area contributed by atoms with Crippen LogP contribution in [0.2, 0.25) is 0 Å². The number of halogens is 1. The second-order valence-electron chi connectivity index (χ2n) is 4.25. The first-order valence-electron chi connectivity index (χ1n) is 5.70. The van der Waals surface area contributed by atoms with E-state index < -0.39 is 0 Å². The molecule has 0 radical (unpaired) electrons. The maximum atomic E-state index is 11.9. The molecule has 0 bridgehead atoms. The van der Waals surface area contributed by atoms with Crippen molar-refractivity contribution in [3.05, 3.63) is 32.3 Å². The van der Waals surface area contributed by atoms with Gasteiger partial charge in [0.15, 0.2) is 0 Å². The van der Waals surface area contributed by atoms with Gasteiger partial charge in [-0.3, -0.25) is 14.3 Å². The number of hydrogen-bond donors (Lipinski definition) is 2. The summed E-state index contributed by atoms with van der Waals surface area (Å²) >= 11 is 1.38. The molecule has 2 aromatic heterocycles. The molecule has 0 atom stereocenters. The van der Waals surface area contributed by atoms with Crippen molar-refractivity contribution in [1.82, 2.24) is 14.9 Å². The van der Waals surface area contributed by atoms with Crippen LogP contribution in [0.4, 0.5) is 0 Å². The van der Waals surface area contributed by atoms with Crippen molar-refractivity contribution in [2.24, 2.45) is 0 Å². The average molecular weight is 288 g/mol. The molecule has 0 amide bonds. The number of fused-ring (bicyclic) bond motifs is 1. The molecule has 2 aromatic rings. The summed E-state index contributed by atoms with van der Waals surface area (Å²) in [5.41, 5.74) is 0.216. The van der Waals surface area contributed by atoms with E-state index in [9.17, 15) is 9.59 Å². The number of nitrogens with zero attached hydrogens (tertiary/aromatic N) is 1. The largest absolute Gasteiger partial charge is 0.329 e. The van der Waals surface area contributed by atoms with E-state index >= 15 is 0 Å². The molecule has 2 N–H and O–H groups in total. The highest BCUT2D eigenvalue weighted by Gasteiger charge is 2.19. The van der Waals surface area contributed by atoms with Crippen molar-refractivity contribution in [3.63, 3.8) is 0 Å². The Labute approximate surface area is 113 Å². The lowest BCUT2D eigenvalue weighted by atomic mass is 10.1. The third-order valence-corrected chi connectivity index (χ3v) is 4.13. The Morgan fingerprint density at radius 3 is 2.72 bits per heavy atom. The molecule has 1 aliphatic heterocycles. The highest BCUT2D eigenvalue weighted by atomic mass is 35.5. The van der Waals surface area contributed by atoms with Crippen molar-refractivity contribution in [2.75, 3.05) is 13.1 Å². The predicted octanol–water partition coefficient (Wildman–Crippen LogP) is 1.10. The second-order valence-corrected chi connectivity index (χ2v) is 5.16. The first-order chi connectivity index (χ1) is 8.27. The van der Waals surface area contributed by atoms with Gasteiger partial charge >= 0.3 is 5.69 Å². The molecule has 98 valence electrons. The van der Waals surface area contributed by atoms with Crippen LogP contribution in [0.3, 0.4) is 0 Å². The zero-order valence-electron chi connectivity index (χ0n) is 9.64. The Hall–Kier alpha value is -1.11. The molecule has 3 heterocycles. The lowest BCUT2D eigenvalue weighted by Gasteiger charge is -2.25. The zero-order chi connectivity index (χ0) is 11.8. The molecule has 1 saturated heterocycles. The van der Waals surface area contributed by atoms with E-state index in [1.807, 2.05) is 11.4 Å². The average Bonchev–Trinajstić information content (AvgIpc) is 2.79. The molecular formula is C11H14ClN3O2S. The Bertz CT molecular complexity index is 654. The summed E-state index contributed by atoms with van der Waals surface area (Å²) in [5.74, 6) is 0. The second kappa shape index (κ2) is 5.26. The summed E-state index contributed by atoms with van der Waals surface area (Å²) in [6, 6.07) is 2.05. The van der Waals surface area contributed by atoms with Crippen LogP contribution in [0.5, 0.6) is 0 Å². The minimum absolute atomic E-state index is 0. The quantitative estimate of drug-likeness (QED) is 0.825. The Balaban J connectivity index is 0.00000120. The predicted molar refractivity (Wildman–Crippen MR) is 75.1 cm³/mol. The lowest BCUT2D eigenvalue weighted by Crippen LogP contribution is -2.37. The van der Waals surface area contributed by atoms with Gasteiger partial charge in [0.25, 0.3) is 5.56 Å². The molecule has 0 aromatic carbocycles. The monoisotopic (exact) mass is 287 g/mol. The molecule has 0 aliphatic carbocycles. The fourth-order valence-corrected chi connectivity index (χ4v) is 3.19. The van der Waals surface area contributed by atoms with Crippen molar-refractivity contribution >= 4 is 34.0 Å². The smallest absolute Gasteiger partial charge is 0.317 e. The van der Waals surface area contributed by atoms with Gasteiger partial charge in [-0.2, -0.15) is 0 Å². The first kappa shape index (κ1) is 13.3. The van der Waals surface area contributed by atoms with Gasteiger partial charge in [-0.1, -0.05) is 0 Å². The Morgan fingerprint density at radius 1 is 1.28 bits per heavy atom. The van der Waals surface area contributed by atoms with Gasteiger partial charge in [0.05, 0.1) is 5.52 Å². The summed E-state index contributed by atoms with van der Waals surface area (Å²) in [4.78, 5) is 26.0. The Kier molecular flexibility index (Phi) is 3.89. The van der Waals surface area contributed by atoms with Crippen molar-refractivity contribution in [1.29, 1.82) is 0 Å². The summed E-state index contributed by atoms with van der Waals surface area (Å²) in [7, 11) is 0. The van der Waals surface area contributed by atoms with Gasteiger partial charge in [0, 0.05) is 6.04 Å². The van der Waals surface area contributed by atoms with E-state index in [0.29, 0.717) is 4.70 Å². The third kappa shape index (κ3) is 2.11. The van der Waals surface area contributed by atoms with E-state index in [1.165, 1.54) is 11.3 Å². The van der Waals surface area contributed by atoms with Crippen molar-refractivity contribution in [3.8, 4) is 0 Å². The maximum Gasteiger partial charge on any atom is 0.329 e. The molecule has 7 heteroatoms. The first-order valence-corrected chi connectivity index (χ1v) is 6.58. The van der Waals surface area contributed by atoms with Crippen molar-refractivity contribution < 1.29 is 0 Å². The van der Waals surface area contributed by atoms with Crippen LogP contribution in [0.1, 0.15) is 18.9 Å². The molecule has 0 unspecified atom stereocenters. The van der Waals surface area contributed by atoms with E-state index in [2.05, 4.69) is 10.3 Å². The lowest BCUT2D eigenvalue weighted by molar-refractivity contribution is 0.365. The van der Waals surface area contributed by atoms with Crippen LogP contribution >= 0.6 is 23.7 Å². The van der Waals surface area contributed by atoms with E-state index in [0.717, 1.165) is 31.4 Å². The van der Waals surface area contributed by atoms with Crippen LogP contribution < -0.4 is 16.6 Å². The van der Waals surface area contributed by atoms with E-state index in [4.69, 9.17) is 0 Å². The number of aromatic amines is 1. The highest BCUT2D eigenvalue weighted by Crippen LogP contribution is 2.22. The van der Waals surface area contributed by atoms with Crippen LogP contribution in [0.15, 0.2) is 21.0 Å². The molecular weight excluding hydrogens is 274 g/mol. The number of hydrogen-bond acceptors (Lipinski definition) is 4. The van der Waals surface area contributed by atoms with Crippen molar-refractivity contribution in [2.45, 2.75) is 18.9 Å². The number of nitrogens with one attached hydrogen (secondary N) is 2. The van der Waals surface area contributed by atoms with E-state index in [-0.39, 0.29) is 29.7 Å². The number of thiophene rings is 1. The van der Waals surface area contributed by atoms with Crippen LogP contribution in [-0.4, -0.2) is 22.6 Å². The molecule has 1 aliphatic rings. The molecule has 5 nitrogen and oxygen atoms in total. The summed E-state index contributed by atoms with van der Waals surface area (Å²) in [6.07, 6.45) is 1.85. The number of H-pyrrole nitrogens is 1. The van der Waals surface area contributed by atoms with Gasteiger partial charge in [0.2, 0.25) is 0 Å². The SMILES string of the molecule is Cl.O=c1[nH]c(=O)n(C2CCNCC2)c2ccsc12. The highest BCUT2D eigenvalue weighted by molar-refractivity contribution is 7.17. The van der Waals surface area contributed by atoms with Gasteiger partial charge in [-0.05, 0) is 37.4 Å². The third-order valence-electron chi connectivity index (χ3n) is 3.22. The number of aromatic nitrogens is 2. The van der Waals surface area contributed by atoms with E-state index in [1.54, 1.807) is 4.57 Å². The van der Waals surface area contributed by atoms with Gasteiger partial charge in [-0.25, -0.2) is 4.79 Å². The summed E-state index contributed by atoms with van der Waals surface area (Å²) in [6.45, 7) is 1.84. The molecule has 18 heavy (non-hydrogen) atoms. The normalized spacial score (nSPS) is 16.7. The van der Waals surface area contributed by atoms with Crippen LogP contribution in [-0.2, 0) is 0 Å². The minimum atomic E-state index is -0.284. The molecule has 0 saturated carbocycles. The number of rotatable bonds is 1. The minimum Gasteiger partial charge on any atom is -0.317 e.